The number of amides is 1. The van der Waals surface area contributed by atoms with E-state index in [9.17, 15) is 9.59 Å². The third-order valence-electron chi connectivity index (χ3n) is 4.28. The van der Waals surface area contributed by atoms with Crippen LogP contribution in [0.25, 0.3) is 0 Å². The van der Waals surface area contributed by atoms with Gasteiger partial charge in [0.05, 0.1) is 25.5 Å². The van der Waals surface area contributed by atoms with Crippen LogP contribution >= 0.6 is 0 Å². The largest absolute Gasteiger partial charge is 0.493 e. The second-order valence-corrected chi connectivity index (χ2v) is 7.75. The Morgan fingerprint density at radius 1 is 0.933 bits per heavy atom. The van der Waals surface area contributed by atoms with Crippen molar-refractivity contribution in [3.05, 3.63) is 47.5 Å². The molecule has 0 aliphatic carbocycles. The van der Waals surface area contributed by atoms with E-state index in [4.69, 9.17) is 18.9 Å². The number of ether oxygens (including phenoxy) is 4. The Morgan fingerprint density at radius 2 is 1.53 bits per heavy atom. The first-order valence-electron chi connectivity index (χ1n) is 9.59. The Kier molecular flexibility index (Phi) is 7.69. The van der Waals surface area contributed by atoms with E-state index in [2.05, 4.69) is 5.32 Å². The van der Waals surface area contributed by atoms with Crippen molar-refractivity contribution >= 4 is 17.6 Å². The van der Waals surface area contributed by atoms with Gasteiger partial charge < -0.3 is 24.3 Å². The molecule has 0 spiro atoms. The molecule has 7 heteroatoms. The molecule has 0 heterocycles. The Balaban J connectivity index is 2.12. The summed E-state index contributed by atoms with van der Waals surface area (Å²) in [6, 6.07) is 10.6. The normalized spacial score (nSPS) is 10.9. The van der Waals surface area contributed by atoms with Gasteiger partial charge in [0, 0.05) is 17.5 Å². The molecule has 0 atom stereocenters. The van der Waals surface area contributed by atoms with Crippen LogP contribution in [-0.4, -0.2) is 39.3 Å². The van der Waals surface area contributed by atoms with E-state index in [1.54, 1.807) is 26.8 Å². The first kappa shape index (κ1) is 23.1. The Hall–Kier alpha value is -3.22. The highest BCUT2D eigenvalue weighted by molar-refractivity contribution is 6.03. The van der Waals surface area contributed by atoms with Gasteiger partial charge in [-0.25, -0.2) is 4.79 Å². The maximum atomic E-state index is 12.7. The van der Waals surface area contributed by atoms with Gasteiger partial charge in [0.15, 0.2) is 11.5 Å². The summed E-state index contributed by atoms with van der Waals surface area (Å²) in [4.78, 5) is 25.1. The summed E-state index contributed by atoms with van der Waals surface area (Å²) in [5, 5.41) is 2.77. The smallest absolute Gasteiger partial charge is 0.340 e. The van der Waals surface area contributed by atoms with E-state index in [1.807, 2.05) is 31.2 Å². The van der Waals surface area contributed by atoms with Crippen molar-refractivity contribution in [2.24, 2.45) is 5.41 Å². The van der Waals surface area contributed by atoms with Crippen molar-refractivity contribution in [3.8, 4) is 17.2 Å². The van der Waals surface area contributed by atoms with Crippen molar-refractivity contribution in [1.29, 1.82) is 0 Å². The first-order valence-corrected chi connectivity index (χ1v) is 9.59. The molecule has 0 radical (unpaired) electrons. The fourth-order valence-corrected chi connectivity index (χ4v) is 2.47. The van der Waals surface area contributed by atoms with Crippen molar-refractivity contribution in [3.63, 3.8) is 0 Å². The number of esters is 1. The number of carbonyl (C=O) groups excluding carboxylic acids is 2. The molecule has 0 unspecified atom stereocenters. The topological polar surface area (TPSA) is 83.1 Å². The summed E-state index contributed by atoms with van der Waals surface area (Å²) in [7, 11) is 2.95. The number of aryl methyl sites for hydroxylation is 1. The minimum Gasteiger partial charge on any atom is -0.493 e. The van der Waals surface area contributed by atoms with Crippen LogP contribution in [-0.2, 0) is 9.53 Å². The minimum absolute atomic E-state index is 0.0493. The van der Waals surface area contributed by atoms with Gasteiger partial charge in [0.2, 0.25) is 5.91 Å². The van der Waals surface area contributed by atoms with Crippen LogP contribution in [0.4, 0.5) is 5.69 Å². The number of nitrogens with one attached hydrogen (secondary N) is 1. The standard InChI is InChI=1S/C23H29NO6/c1-15-7-9-16(10-8-15)29-11-12-30-21(25)17-13-19(27-5)20(28-6)14-18(17)24-22(26)23(2,3)4/h7-10,13-14H,11-12H2,1-6H3,(H,24,26). The molecule has 2 aromatic carbocycles. The lowest BCUT2D eigenvalue weighted by molar-refractivity contribution is -0.123. The Labute approximate surface area is 177 Å². The van der Waals surface area contributed by atoms with Crippen molar-refractivity contribution in [2.45, 2.75) is 27.7 Å². The van der Waals surface area contributed by atoms with Gasteiger partial charge >= 0.3 is 5.97 Å². The maximum Gasteiger partial charge on any atom is 0.340 e. The van der Waals surface area contributed by atoms with Crippen molar-refractivity contribution in [1.82, 2.24) is 0 Å². The fourth-order valence-electron chi connectivity index (χ4n) is 2.47. The first-order chi connectivity index (χ1) is 14.2. The molecule has 0 saturated carbocycles. The van der Waals surface area contributed by atoms with Crippen molar-refractivity contribution in [2.75, 3.05) is 32.8 Å². The average molecular weight is 415 g/mol. The van der Waals surface area contributed by atoms with E-state index >= 15 is 0 Å². The molecule has 7 nitrogen and oxygen atoms in total. The lowest BCUT2D eigenvalue weighted by Gasteiger charge is -2.20. The van der Waals surface area contributed by atoms with Gasteiger partial charge in [-0.05, 0) is 19.1 Å². The summed E-state index contributed by atoms with van der Waals surface area (Å²) >= 11 is 0. The quantitative estimate of drug-likeness (QED) is 0.513. The zero-order chi connectivity index (χ0) is 22.3. The number of hydrogen-bond acceptors (Lipinski definition) is 6. The summed E-state index contributed by atoms with van der Waals surface area (Å²) in [6.07, 6.45) is 0. The fraction of sp³-hybridized carbons (Fsp3) is 0.391. The second-order valence-electron chi connectivity index (χ2n) is 7.75. The molecular formula is C23H29NO6. The SMILES string of the molecule is COc1cc(NC(=O)C(C)(C)C)c(C(=O)OCCOc2ccc(C)cc2)cc1OC. The molecule has 2 rings (SSSR count). The highest BCUT2D eigenvalue weighted by Crippen LogP contribution is 2.34. The van der Waals surface area contributed by atoms with Gasteiger partial charge in [-0.2, -0.15) is 0 Å². The molecule has 0 aromatic heterocycles. The number of benzene rings is 2. The Morgan fingerprint density at radius 3 is 2.10 bits per heavy atom. The number of carbonyl (C=O) groups is 2. The molecule has 0 aliphatic heterocycles. The molecule has 0 aliphatic rings. The van der Waals surface area contributed by atoms with Gasteiger partial charge in [-0.1, -0.05) is 38.5 Å². The Bertz CT molecular complexity index is 884. The lowest BCUT2D eigenvalue weighted by atomic mass is 9.95. The average Bonchev–Trinajstić information content (AvgIpc) is 2.71. The molecule has 0 bridgehead atoms. The van der Waals surface area contributed by atoms with Crippen LogP contribution < -0.4 is 19.5 Å². The third-order valence-corrected chi connectivity index (χ3v) is 4.28. The molecule has 1 amide bonds. The van der Waals surface area contributed by atoms with Crippen LogP contribution in [0.3, 0.4) is 0 Å². The predicted molar refractivity (Wildman–Crippen MR) is 115 cm³/mol. The maximum absolute atomic E-state index is 12.7. The number of rotatable bonds is 8. The van der Waals surface area contributed by atoms with E-state index in [0.717, 1.165) is 5.56 Å². The number of hydrogen-bond donors (Lipinski definition) is 1. The molecule has 0 saturated heterocycles. The number of methoxy groups -OCH3 is 2. The van der Waals surface area contributed by atoms with Gasteiger partial charge in [-0.3, -0.25) is 4.79 Å². The van der Waals surface area contributed by atoms with Crippen LogP contribution in [0, 0.1) is 12.3 Å². The summed E-state index contributed by atoms with van der Waals surface area (Å²) in [5.74, 6) is 0.593. The van der Waals surface area contributed by atoms with Gasteiger partial charge in [-0.15, -0.1) is 0 Å². The van der Waals surface area contributed by atoms with Crippen molar-refractivity contribution < 1.29 is 28.5 Å². The third kappa shape index (κ3) is 6.14. The molecule has 1 N–H and O–H groups in total. The molecule has 2 aromatic rings. The zero-order valence-electron chi connectivity index (χ0n) is 18.3. The lowest BCUT2D eigenvalue weighted by Crippen LogP contribution is -2.28. The molecule has 30 heavy (non-hydrogen) atoms. The van der Waals surface area contributed by atoms with Crippen LogP contribution in [0.15, 0.2) is 36.4 Å². The van der Waals surface area contributed by atoms with E-state index in [1.165, 1.54) is 20.3 Å². The van der Waals surface area contributed by atoms with E-state index in [-0.39, 0.29) is 30.4 Å². The minimum atomic E-state index is -0.643. The number of anilines is 1. The highest BCUT2D eigenvalue weighted by Gasteiger charge is 2.25. The summed E-state index contributed by atoms with van der Waals surface area (Å²) < 4.78 is 21.5. The summed E-state index contributed by atoms with van der Waals surface area (Å²) in [6.45, 7) is 7.58. The summed E-state index contributed by atoms with van der Waals surface area (Å²) in [5.41, 5.74) is 0.945. The molecule has 0 fully saturated rings. The zero-order valence-corrected chi connectivity index (χ0v) is 18.3. The van der Waals surface area contributed by atoms with Gasteiger partial charge in [0.25, 0.3) is 0 Å². The monoisotopic (exact) mass is 415 g/mol. The van der Waals surface area contributed by atoms with E-state index in [0.29, 0.717) is 17.2 Å². The predicted octanol–water partition coefficient (Wildman–Crippen LogP) is 4.23. The van der Waals surface area contributed by atoms with Crippen LogP contribution in [0.1, 0.15) is 36.7 Å². The highest BCUT2D eigenvalue weighted by atomic mass is 16.6. The van der Waals surface area contributed by atoms with Gasteiger partial charge in [0.1, 0.15) is 19.0 Å². The van der Waals surface area contributed by atoms with E-state index < -0.39 is 11.4 Å². The van der Waals surface area contributed by atoms with Crippen LogP contribution in [0.5, 0.6) is 17.2 Å². The second kappa shape index (κ2) is 10.0. The molecule has 162 valence electrons. The van der Waals surface area contributed by atoms with Crippen LogP contribution in [0.2, 0.25) is 0 Å². The molecular weight excluding hydrogens is 386 g/mol.